The molecule has 6 nitrogen and oxygen atoms in total. The lowest BCUT2D eigenvalue weighted by atomic mass is 10.2. The third kappa shape index (κ3) is 4.42. The lowest BCUT2D eigenvalue weighted by molar-refractivity contribution is 0.0954. The molecule has 136 valence electrons. The van der Waals surface area contributed by atoms with Crippen LogP contribution in [0.3, 0.4) is 0 Å². The second-order valence-corrected chi connectivity index (χ2v) is 8.03. The van der Waals surface area contributed by atoms with Gasteiger partial charge in [0.15, 0.2) is 0 Å². The van der Waals surface area contributed by atoms with Crippen molar-refractivity contribution in [1.82, 2.24) is 5.43 Å². The molecule has 2 aromatic carbocycles. The fraction of sp³-hybridized carbons (Fsp3) is 0.222. The zero-order chi connectivity index (χ0) is 18.6. The minimum atomic E-state index is -3.87. The predicted octanol–water partition coefficient (Wildman–Crippen LogP) is 3.80. The highest BCUT2D eigenvalue weighted by molar-refractivity contribution is 7.92. The molecule has 0 aromatic heterocycles. The third-order valence-corrected chi connectivity index (χ3v) is 5.71. The summed E-state index contributed by atoms with van der Waals surface area (Å²) in [5.41, 5.74) is 3.94. The molecule has 2 aromatic rings. The molecule has 0 saturated heterocycles. The summed E-state index contributed by atoms with van der Waals surface area (Å²) in [5, 5.41) is 4.39. The first-order valence-electron chi connectivity index (χ1n) is 8.19. The number of nitrogens with zero attached hydrogens (tertiary/aromatic N) is 1. The molecular weight excluding hydrogens is 374 g/mol. The summed E-state index contributed by atoms with van der Waals surface area (Å²) in [5.74, 6) is -0.445. The number of halogens is 1. The Hall–Kier alpha value is -2.38. The zero-order valence-electron chi connectivity index (χ0n) is 13.9. The summed E-state index contributed by atoms with van der Waals surface area (Å²) in [6.45, 7) is 0. The molecule has 0 bridgehead atoms. The van der Waals surface area contributed by atoms with Gasteiger partial charge in [0.1, 0.15) is 0 Å². The van der Waals surface area contributed by atoms with Gasteiger partial charge in [-0.15, -0.1) is 0 Å². The summed E-state index contributed by atoms with van der Waals surface area (Å²) in [7, 11) is -3.87. The zero-order valence-corrected chi connectivity index (χ0v) is 15.5. The van der Waals surface area contributed by atoms with Crippen molar-refractivity contribution in [3.8, 4) is 0 Å². The molecule has 26 heavy (non-hydrogen) atoms. The number of carbonyl (C=O) groups excluding carboxylic acids is 1. The van der Waals surface area contributed by atoms with Crippen LogP contribution >= 0.6 is 11.6 Å². The number of nitrogens with one attached hydrogen (secondary N) is 2. The molecule has 1 aliphatic rings. The minimum absolute atomic E-state index is 0.0291. The van der Waals surface area contributed by atoms with Gasteiger partial charge in [0.2, 0.25) is 0 Å². The number of carbonyl (C=O) groups is 1. The van der Waals surface area contributed by atoms with E-state index in [2.05, 4.69) is 15.2 Å². The van der Waals surface area contributed by atoms with E-state index in [1.54, 1.807) is 30.3 Å². The van der Waals surface area contributed by atoms with Crippen molar-refractivity contribution < 1.29 is 13.2 Å². The number of benzene rings is 2. The summed E-state index contributed by atoms with van der Waals surface area (Å²) in [6, 6.07) is 12.3. The highest BCUT2D eigenvalue weighted by atomic mass is 35.5. The quantitative estimate of drug-likeness (QED) is 0.760. The van der Waals surface area contributed by atoms with Gasteiger partial charge in [-0.1, -0.05) is 29.8 Å². The smallest absolute Gasteiger partial charge is 0.271 e. The maximum absolute atomic E-state index is 12.6. The van der Waals surface area contributed by atoms with Crippen LogP contribution in [0.5, 0.6) is 0 Å². The van der Waals surface area contributed by atoms with Crippen LogP contribution < -0.4 is 10.1 Å². The number of sulfonamides is 1. The second-order valence-electron chi connectivity index (χ2n) is 5.94. The monoisotopic (exact) mass is 391 g/mol. The second kappa shape index (κ2) is 7.88. The summed E-state index contributed by atoms with van der Waals surface area (Å²) < 4.78 is 27.6. The number of anilines is 1. The van der Waals surface area contributed by atoms with Gasteiger partial charge in [-0.3, -0.25) is 9.52 Å². The van der Waals surface area contributed by atoms with Crippen LogP contribution in [-0.2, 0) is 10.0 Å². The number of hydrogen-bond acceptors (Lipinski definition) is 4. The molecule has 1 saturated carbocycles. The number of amides is 1. The Balaban J connectivity index is 1.78. The van der Waals surface area contributed by atoms with Crippen LogP contribution in [-0.4, -0.2) is 20.0 Å². The van der Waals surface area contributed by atoms with E-state index in [-0.39, 0.29) is 21.2 Å². The first kappa shape index (κ1) is 18.4. The van der Waals surface area contributed by atoms with E-state index in [1.165, 1.54) is 18.2 Å². The van der Waals surface area contributed by atoms with Gasteiger partial charge in [-0.05, 0) is 56.0 Å². The van der Waals surface area contributed by atoms with Gasteiger partial charge < -0.3 is 0 Å². The van der Waals surface area contributed by atoms with Crippen molar-refractivity contribution in [2.75, 3.05) is 4.72 Å². The van der Waals surface area contributed by atoms with Gasteiger partial charge >= 0.3 is 0 Å². The van der Waals surface area contributed by atoms with E-state index in [9.17, 15) is 13.2 Å². The lowest BCUT2D eigenvalue weighted by Crippen LogP contribution is -2.20. The number of para-hydroxylation sites is 1. The van der Waals surface area contributed by atoms with Crippen LogP contribution in [0, 0.1) is 0 Å². The maximum Gasteiger partial charge on any atom is 0.271 e. The Bertz CT molecular complexity index is 950. The van der Waals surface area contributed by atoms with Crippen molar-refractivity contribution in [3.63, 3.8) is 0 Å². The standard InChI is InChI=1S/C18H18ClN3O3S/c19-16-10-3-4-11-17(16)22-26(24,25)15-9-5-6-13(12-15)18(23)21-20-14-7-1-2-8-14/h3-6,9-12,22H,1-2,7-8H2,(H,21,23). The molecule has 3 rings (SSSR count). The molecule has 8 heteroatoms. The molecule has 0 aliphatic heterocycles. The Morgan fingerprint density at radius 1 is 1.04 bits per heavy atom. The molecule has 0 radical (unpaired) electrons. The fourth-order valence-electron chi connectivity index (χ4n) is 2.64. The molecule has 0 atom stereocenters. The first-order valence-corrected chi connectivity index (χ1v) is 10.0. The largest absolute Gasteiger partial charge is 0.278 e. The van der Waals surface area contributed by atoms with E-state index in [0.29, 0.717) is 0 Å². The van der Waals surface area contributed by atoms with E-state index in [4.69, 9.17) is 11.6 Å². The molecular formula is C18H18ClN3O3S. The fourth-order valence-corrected chi connectivity index (χ4v) is 4.01. The number of rotatable bonds is 5. The van der Waals surface area contributed by atoms with Crippen molar-refractivity contribution in [1.29, 1.82) is 0 Å². The van der Waals surface area contributed by atoms with Crippen molar-refractivity contribution >= 4 is 38.9 Å². The molecule has 0 spiro atoms. The van der Waals surface area contributed by atoms with E-state index < -0.39 is 15.9 Å². The van der Waals surface area contributed by atoms with Crippen LogP contribution in [0.1, 0.15) is 36.0 Å². The number of hydrazone groups is 1. The topological polar surface area (TPSA) is 87.6 Å². The average molecular weight is 392 g/mol. The number of hydrogen-bond donors (Lipinski definition) is 2. The molecule has 1 fully saturated rings. The third-order valence-electron chi connectivity index (χ3n) is 4.02. The Labute approximate surface area is 157 Å². The van der Waals surface area contributed by atoms with Crippen LogP contribution in [0.15, 0.2) is 58.5 Å². The molecule has 2 N–H and O–H groups in total. The minimum Gasteiger partial charge on any atom is -0.278 e. The maximum atomic E-state index is 12.6. The van der Waals surface area contributed by atoms with E-state index in [1.807, 2.05) is 0 Å². The summed E-state index contributed by atoms with van der Waals surface area (Å²) >= 11 is 6.00. The molecule has 1 amide bonds. The van der Waals surface area contributed by atoms with Crippen LogP contribution in [0.4, 0.5) is 5.69 Å². The van der Waals surface area contributed by atoms with E-state index >= 15 is 0 Å². The SMILES string of the molecule is O=C(NN=C1CCCC1)c1cccc(S(=O)(=O)Nc2ccccc2Cl)c1. The van der Waals surface area contributed by atoms with Gasteiger partial charge in [0.25, 0.3) is 15.9 Å². The highest BCUT2D eigenvalue weighted by Gasteiger charge is 2.18. The van der Waals surface area contributed by atoms with Gasteiger partial charge in [0, 0.05) is 11.3 Å². The van der Waals surface area contributed by atoms with Gasteiger partial charge in [-0.25, -0.2) is 13.8 Å². The normalized spacial score (nSPS) is 14.1. The molecule has 0 heterocycles. The first-order chi connectivity index (χ1) is 12.5. The Morgan fingerprint density at radius 3 is 2.50 bits per heavy atom. The average Bonchev–Trinajstić information content (AvgIpc) is 3.15. The Morgan fingerprint density at radius 2 is 1.77 bits per heavy atom. The lowest BCUT2D eigenvalue weighted by Gasteiger charge is -2.10. The van der Waals surface area contributed by atoms with Crippen molar-refractivity contribution in [2.24, 2.45) is 5.10 Å². The van der Waals surface area contributed by atoms with Gasteiger partial charge in [0.05, 0.1) is 15.6 Å². The van der Waals surface area contributed by atoms with Crippen molar-refractivity contribution in [3.05, 3.63) is 59.1 Å². The van der Waals surface area contributed by atoms with Gasteiger partial charge in [-0.2, -0.15) is 5.10 Å². The summed E-state index contributed by atoms with van der Waals surface area (Å²) in [6.07, 6.45) is 3.93. The molecule has 0 unspecified atom stereocenters. The Kier molecular flexibility index (Phi) is 5.58. The predicted molar refractivity (Wildman–Crippen MR) is 102 cm³/mol. The van der Waals surface area contributed by atoms with Crippen molar-refractivity contribution in [2.45, 2.75) is 30.6 Å². The summed E-state index contributed by atoms with van der Waals surface area (Å²) in [4.78, 5) is 12.2. The molecule has 1 aliphatic carbocycles. The highest BCUT2D eigenvalue weighted by Crippen LogP contribution is 2.24. The van der Waals surface area contributed by atoms with Crippen LogP contribution in [0.2, 0.25) is 5.02 Å². The van der Waals surface area contributed by atoms with Crippen LogP contribution in [0.25, 0.3) is 0 Å². The van der Waals surface area contributed by atoms with E-state index in [0.717, 1.165) is 31.4 Å².